The molecule has 1 heterocycles. The van der Waals surface area contributed by atoms with Gasteiger partial charge in [-0.15, -0.1) is 0 Å². The average molecular weight is 382 g/mol. The molecule has 2 aromatic rings. The summed E-state index contributed by atoms with van der Waals surface area (Å²) >= 11 is 5.88. The molecule has 0 saturated carbocycles. The van der Waals surface area contributed by atoms with Crippen molar-refractivity contribution in [2.24, 2.45) is 0 Å². The molecule has 1 saturated heterocycles. The maximum atomic E-state index is 13.1. The maximum absolute atomic E-state index is 13.1. The standard InChI is InChI=1S/C18H20ClNO4S/c1-23-14-7-10-16(18(12-14)24-2)17-4-3-11-20(17)25(21,22)15-8-5-13(19)6-9-15/h5-10,12,17H,3-4,11H2,1-2H3. The molecule has 7 heteroatoms. The Kier molecular flexibility index (Phi) is 5.22. The number of methoxy groups -OCH3 is 2. The molecule has 2 aromatic carbocycles. The number of nitrogens with zero attached hydrogens (tertiary/aromatic N) is 1. The molecule has 0 spiro atoms. The Morgan fingerprint density at radius 3 is 2.44 bits per heavy atom. The van der Waals surface area contributed by atoms with Crippen molar-refractivity contribution in [3.63, 3.8) is 0 Å². The fourth-order valence-electron chi connectivity index (χ4n) is 3.17. The summed E-state index contributed by atoms with van der Waals surface area (Å²) < 4.78 is 38.4. The molecular formula is C18H20ClNO4S. The van der Waals surface area contributed by atoms with Crippen LogP contribution in [0.15, 0.2) is 47.4 Å². The topological polar surface area (TPSA) is 55.8 Å². The minimum atomic E-state index is -3.61. The predicted octanol–water partition coefficient (Wildman–Crippen LogP) is 3.88. The fraction of sp³-hybridized carbons (Fsp3) is 0.333. The Hall–Kier alpha value is -1.76. The third-order valence-corrected chi connectivity index (χ3v) is 6.60. The van der Waals surface area contributed by atoms with Gasteiger partial charge in [-0.1, -0.05) is 17.7 Å². The second-order valence-electron chi connectivity index (χ2n) is 5.84. The zero-order valence-corrected chi connectivity index (χ0v) is 15.7. The van der Waals surface area contributed by atoms with Crippen molar-refractivity contribution < 1.29 is 17.9 Å². The molecule has 1 aliphatic heterocycles. The van der Waals surface area contributed by atoms with E-state index in [1.165, 1.54) is 12.1 Å². The van der Waals surface area contributed by atoms with E-state index < -0.39 is 10.0 Å². The number of halogens is 1. The van der Waals surface area contributed by atoms with Crippen molar-refractivity contribution in [3.05, 3.63) is 53.1 Å². The minimum Gasteiger partial charge on any atom is -0.497 e. The van der Waals surface area contributed by atoms with Crippen LogP contribution in [0.2, 0.25) is 5.02 Å². The van der Waals surface area contributed by atoms with Gasteiger partial charge < -0.3 is 9.47 Å². The van der Waals surface area contributed by atoms with E-state index in [-0.39, 0.29) is 10.9 Å². The van der Waals surface area contributed by atoms with Gasteiger partial charge in [0, 0.05) is 23.2 Å². The summed E-state index contributed by atoms with van der Waals surface area (Å²) in [5.41, 5.74) is 0.846. The second kappa shape index (κ2) is 7.23. The van der Waals surface area contributed by atoms with E-state index in [4.69, 9.17) is 21.1 Å². The molecule has 0 bridgehead atoms. The third-order valence-electron chi connectivity index (χ3n) is 4.42. The zero-order chi connectivity index (χ0) is 18.0. The van der Waals surface area contributed by atoms with Gasteiger partial charge in [-0.3, -0.25) is 0 Å². The van der Waals surface area contributed by atoms with Crippen molar-refractivity contribution in [1.29, 1.82) is 0 Å². The highest BCUT2D eigenvalue weighted by atomic mass is 35.5. The average Bonchev–Trinajstić information content (AvgIpc) is 3.12. The van der Waals surface area contributed by atoms with E-state index in [9.17, 15) is 8.42 Å². The largest absolute Gasteiger partial charge is 0.497 e. The smallest absolute Gasteiger partial charge is 0.243 e. The molecule has 0 radical (unpaired) electrons. The quantitative estimate of drug-likeness (QED) is 0.788. The molecule has 0 amide bonds. The molecule has 25 heavy (non-hydrogen) atoms. The van der Waals surface area contributed by atoms with E-state index >= 15 is 0 Å². The molecule has 134 valence electrons. The van der Waals surface area contributed by atoms with Gasteiger partial charge in [0.1, 0.15) is 11.5 Å². The fourth-order valence-corrected chi connectivity index (χ4v) is 4.97. The first-order valence-electron chi connectivity index (χ1n) is 7.96. The highest BCUT2D eigenvalue weighted by molar-refractivity contribution is 7.89. The zero-order valence-electron chi connectivity index (χ0n) is 14.1. The molecule has 0 aromatic heterocycles. The molecule has 0 aliphatic carbocycles. The van der Waals surface area contributed by atoms with Crippen LogP contribution in [0.5, 0.6) is 11.5 Å². The Balaban J connectivity index is 1.99. The Morgan fingerprint density at radius 1 is 1.08 bits per heavy atom. The Labute approximate surface area is 153 Å². The van der Waals surface area contributed by atoms with Crippen LogP contribution in [-0.2, 0) is 10.0 Å². The van der Waals surface area contributed by atoms with Crippen LogP contribution in [0, 0.1) is 0 Å². The highest BCUT2D eigenvalue weighted by Gasteiger charge is 2.37. The van der Waals surface area contributed by atoms with Crippen molar-refractivity contribution >= 4 is 21.6 Å². The second-order valence-corrected chi connectivity index (χ2v) is 8.16. The van der Waals surface area contributed by atoms with Gasteiger partial charge in [0.15, 0.2) is 0 Å². The number of benzene rings is 2. The van der Waals surface area contributed by atoms with Gasteiger partial charge in [0.2, 0.25) is 10.0 Å². The van der Waals surface area contributed by atoms with E-state index in [1.807, 2.05) is 12.1 Å². The number of hydrogen-bond acceptors (Lipinski definition) is 4. The molecule has 3 rings (SSSR count). The third kappa shape index (κ3) is 3.47. The van der Waals surface area contributed by atoms with E-state index in [0.29, 0.717) is 23.1 Å². The van der Waals surface area contributed by atoms with Crippen LogP contribution < -0.4 is 9.47 Å². The van der Waals surface area contributed by atoms with Crippen LogP contribution in [-0.4, -0.2) is 33.5 Å². The lowest BCUT2D eigenvalue weighted by Crippen LogP contribution is -2.30. The minimum absolute atomic E-state index is 0.247. The highest BCUT2D eigenvalue weighted by Crippen LogP contribution is 2.41. The van der Waals surface area contributed by atoms with Gasteiger partial charge in [-0.25, -0.2) is 8.42 Å². The summed E-state index contributed by atoms with van der Waals surface area (Å²) in [5.74, 6) is 1.30. The van der Waals surface area contributed by atoms with E-state index in [1.54, 1.807) is 36.7 Å². The Morgan fingerprint density at radius 2 is 1.80 bits per heavy atom. The summed E-state index contributed by atoms with van der Waals surface area (Å²) in [7, 11) is -0.446. The molecule has 1 fully saturated rings. The van der Waals surface area contributed by atoms with Gasteiger partial charge in [0.25, 0.3) is 0 Å². The summed E-state index contributed by atoms with van der Waals surface area (Å²) in [6, 6.07) is 11.5. The van der Waals surface area contributed by atoms with Crippen LogP contribution in [0.4, 0.5) is 0 Å². The van der Waals surface area contributed by atoms with Crippen molar-refractivity contribution in [3.8, 4) is 11.5 Å². The lowest BCUT2D eigenvalue weighted by molar-refractivity contribution is 0.361. The summed E-state index contributed by atoms with van der Waals surface area (Å²) in [5, 5.41) is 0.508. The van der Waals surface area contributed by atoms with Crippen LogP contribution in [0.25, 0.3) is 0 Å². The SMILES string of the molecule is COc1ccc(C2CCCN2S(=O)(=O)c2ccc(Cl)cc2)c(OC)c1. The molecule has 1 atom stereocenters. The van der Waals surface area contributed by atoms with Crippen LogP contribution >= 0.6 is 11.6 Å². The van der Waals surface area contributed by atoms with Crippen LogP contribution in [0.1, 0.15) is 24.4 Å². The van der Waals surface area contributed by atoms with Gasteiger partial charge >= 0.3 is 0 Å². The van der Waals surface area contributed by atoms with Gasteiger partial charge in [-0.2, -0.15) is 4.31 Å². The first-order valence-corrected chi connectivity index (χ1v) is 9.78. The van der Waals surface area contributed by atoms with Gasteiger partial charge in [-0.05, 0) is 43.2 Å². The first-order chi connectivity index (χ1) is 12.0. The van der Waals surface area contributed by atoms with Crippen molar-refractivity contribution in [2.45, 2.75) is 23.8 Å². The molecule has 0 N–H and O–H groups in total. The Bertz CT molecular complexity index is 852. The first kappa shape index (κ1) is 18.0. The van der Waals surface area contributed by atoms with Gasteiger partial charge in [0.05, 0.1) is 25.2 Å². The number of ether oxygens (including phenoxy) is 2. The van der Waals surface area contributed by atoms with Crippen molar-refractivity contribution in [2.75, 3.05) is 20.8 Å². The summed E-state index contributed by atoms with van der Waals surface area (Å²) in [6.07, 6.45) is 1.54. The number of rotatable bonds is 5. The lowest BCUT2D eigenvalue weighted by atomic mass is 10.0. The molecule has 1 aliphatic rings. The summed E-state index contributed by atoms with van der Waals surface area (Å²) in [4.78, 5) is 0.247. The van der Waals surface area contributed by atoms with E-state index in [0.717, 1.165) is 18.4 Å². The number of hydrogen-bond donors (Lipinski definition) is 0. The normalized spacial score (nSPS) is 18.3. The maximum Gasteiger partial charge on any atom is 0.243 e. The number of sulfonamides is 1. The lowest BCUT2D eigenvalue weighted by Gasteiger charge is -2.26. The van der Waals surface area contributed by atoms with E-state index in [2.05, 4.69) is 0 Å². The monoisotopic (exact) mass is 381 g/mol. The predicted molar refractivity (Wildman–Crippen MR) is 96.9 cm³/mol. The molecule has 1 unspecified atom stereocenters. The molecular weight excluding hydrogens is 362 g/mol. The molecule has 5 nitrogen and oxygen atoms in total. The van der Waals surface area contributed by atoms with Crippen LogP contribution in [0.3, 0.4) is 0 Å². The van der Waals surface area contributed by atoms with Crippen molar-refractivity contribution in [1.82, 2.24) is 4.31 Å². The summed E-state index contributed by atoms with van der Waals surface area (Å²) in [6.45, 7) is 0.477.